The van der Waals surface area contributed by atoms with Crippen LogP contribution in [0.15, 0.2) is 52.4 Å². The van der Waals surface area contributed by atoms with Crippen molar-refractivity contribution in [3.63, 3.8) is 0 Å². The molecule has 1 atom stereocenters. The molecule has 1 aliphatic carbocycles. The standard InChI is InChI=1S/C23H23IN3O2/c1-27-21(26)13-24-23(29-27)15-22(7-9-28-10-8-22)19-6-5-18(12-20(19)23)17-4-2-3-16(11-17)14-25/h2-6,11-13H,7-10,15,26H2,1H3/q-1/t23-/m0/s1. The molecule has 2 spiro atoms. The third kappa shape index (κ3) is 3.03. The molecule has 2 aromatic rings. The summed E-state index contributed by atoms with van der Waals surface area (Å²) in [6, 6.07) is 16.8. The summed E-state index contributed by atoms with van der Waals surface area (Å²) >= 11 is -0.422. The molecule has 150 valence electrons. The van der Waals surface area contributed by atoms with Crippen molar-refractivity contribution in [1.29, 1.82) is 5.26 Å². The van der Waals surface area contributed by atoms with Gasteiger partial charge in [0.05, 0.1) is 0 Å². The van der Waals surface area contributed by atoms with E-state index in [1.165, 1.54) is 11.1 Å². The van der Waals surface area contributed by atoms with Crippen LogP contribution in [0.4, 0.5) is 0 Å². The van der Waals surface area contributed by atoms with Gasteiger partial charge < -0.3 is 0 Å². The molecular weight excluding hydrogens is 477 g/mol. The predicted octanol–water partition coefficient (Wildman–Crippen LogP) is 0.554. The molecule has 1 fully saturated rings. The minimum absolute atomic E-state index is 0.112. The Hall–Kier alpha value is -2.08. The van der Waals surface area contributed by atoms with Crippen molar-refractivity contribution in [2.24, 2.45) is 5.73 Å². The fourth-order valence-electron chi connectivity index (χ4n) is 4.78. The zero-order valence-corrected chi connectivity index (χ0v) is 18.5. The number of hydroxylamine groups is 2. The van der Waals surface area contributed by atoms with Crippen LogP contribution in [0.3, 0.4) is 0 Å². The first-order valence-electron chi connectivity index (χ1n) is 9.82. The molecule has 0 saturated carbocycles. The van der Waals surface area contributed by atoms with Gasteiger partial charge in [0, 0.05) is 0 Å². The summed E-state index contributed by atoms with van der Waals surface area (Å²) < 4.78 is 7.59. The van der Waals surface area contributed by atoms with Gasteiger partial charge >= 0.3 is 182 Å². The molecule has 0 aromatic heterocycles. The van der Waals surface area contributed by atoms with Crippen LogP contribution in [-0.2, 0) is 18.6 Å². The quantitative estimate of drug-likeness (QED) is 0.458. The number of hydrogen-bond donors (Lipinski definition) is 1. The van der Waals surface area contributed by atoms with E-state index in [1.54, 1.807) is 5.06 Å². The average molecular weight is 500 g/mol. The third-order valence-electron chi connectivity index (χ3n) is 6.32. The van der Waals surface area contributed by atoms with Gasteiger partial charge in [-0.05, 0) is 0 Å². The SMILES string of the molecule is CN1O[C@]2(CC3(CCOCC3)c3ccc(-c4cccc(C#N)c4)cc32)[I-]C=C1N. The van der Waals surface area contributed by atoms with Crippen molar-refractivity contribution < 1.29 is 30.8 Å². The van der Waals surface area contributed by atoms with Crippen LogP contribution < -0.4 is 26.9 Å². The van der Waals surface area contributed by atoms with Crippen molar-refractivity contribution >= 4 is 0 Å². The van der Waals surface area contributed by atoms with Crippen molar-refractivity contribution in [1.82, 2.24) is 5.06 Å². The number of nitriles is 1. The number of halogens is 1. The van der Waals surface area contributed by atoms with Gasteiger partial charge in [-0.2, -0.15) is 0 Å². The first kappa shape index (κ1) is 18.9. The molecule has 2 aliphatic heterocycles. The summed E-state index contributed by atoms with van der Waals surface area (Å²) in [5.74, 6) is 0.704. The molecule has 0 bridgehead atoms. The molecule has 2 heterocycles. The van der Waals surface area contributed by atoms with E-state index in [4.69, 9.17) is 15.3 Å². The van der Waals surface area contributed by atoms with Gasteiger partial charge in [0.1, 0.15) is 0 Å². The van der Waals surface area contributed by atoms with Crippen molar-refractivity contribution in [2.75, 3.05) is 20.3 Å². The van der Waals surface area contributed by atoms with E-state index in [0.29, 0.717) is 11.4 Å². The molecule has 6 heteroatoms. The zero-order chi connectivity index (χ0) is 20.1. The van der Waals surface area contributed by atoms with Gasteiger partial charge in [0.25, 0.3) is 0 Å². The van der Waals surface area contributed by atoms with E-state index >= 15 is 0 Å². The Balaban J connectivity index is 1.66. The van der Waals surface area contributed by atoms with Gasteiger partial charge in [-0.15, -0.1) is 0 Å². The summed E-state index contributed by atoms with van der Waals surface area (Å²) in [5, 5.41) is 11.0. The van der Waals surface area contributed by atoms with Crippen molar-refractivity contribution in [3.8, 4) is 17.2 Å². The molecule has 29 heavy (non-hydrogen) atoms. The normalized spacial score (nSPS) is 25.2. The molecule has 0 unspecified atom stereocenters. The molecule has 1 saturated heterocycles. The van der Waals surface area contributed by atoms with Gasteiger partial charge in [-0.1, -0.05) is 0 Å². The van der Waals surface area contributed by atoms with Crippen LogP contribution >= 0.6 is 0 Å². The summed E-state index contributed by atoms with van der Waals surface area (Å²) in [6.07, 6.45) is 3.05. The average Bonchev–Trinajstić information content (AvgIpc) is 3.00. The van der Waals surface area contributed by atoms with Gasteiger partial charge in [0.2, 0.25) is 0 Å². The molecular formula is C23H23IN3O2-. The fraction of sp³-hybridized carbons (Fsp3) is 0.348. The monoisotopic (exact) mass is 500 g/mol. The first-order chi connectivity index (χ1) is 14.1. The van der Waals surface area contributed by atoms with E-state index < -0.39 is 21.2 Å². The summed E-state index contributed by atoms with van der Waals surface area (Å²) in [5.41, 5.74) is 11.8. The topological polar surface area (TPSA) is 71.5 Å². The van der Waals surface area contributed by atoms with E-state index in [2.05, 4.69) is 34.4 Å². The Kier molecular flexibility index (Phi) is 4.57. The van der Waals surface area contributed by atoms with Crippen LogP contribution in [-0.4, -0.2) is 25.3 Å². The Morgan fingerprint density at radius 1 is 1.10 bits per heavy atom. The molecule has 0 amide bonds. The summed E-state index contributed by atoms with van der Waals surface area (Å²) in [6.45, 7) is 1.60. The second-order valence-corrected chi connectivity index (χ2v) is 11.0. The van der Waals surface area contributed by atoms with E-state index in [0.717, 1.165) is 43.6 Å². The number of nitrogens with zero attached hydrogens (tertiary/aromatic N) is 2. The van der Waals surface area contributed by atoms with Crippen LogP contribution in [0, 0.1) is 11.3 Å². The Morgan fingerprint density at radius 3 is 2.66 bits per heavy atom. The van der Waals surface area contributed by atoms with Crippen LogP contribution in [0.5, 0.6) is 0 Å². The van der Waals surface area contributed by atoms with Crippen LogP contribution in [0.2, 0.25) is 0 Å². The number of benzene rings is 2. The Labute approximate surface area is 181 Å². The molecule has 2 N–H and O–H groups in total. The molecule has 2 aromatic carbocycles. The molecule has 3 aliphatic rings. The Bertz CT molecular complexity index is 1040. The number of hydrogen-bond acceptors (Lipinski definition) is 5. The van der Waals surface area contributed by atoms with Crippen LogP contribution in [0.1, 0.15) is 36.0 Å². The predicted molar refractivity (Wildman–Crippen MR) is 106 cm³/mol. The number of nitrogens with two attached hydrogens (primary N) is 1. The first-order valence-corrected chi connectivity index (χ1v) is 12.1. The van der Waals surface area contributed by atoms with Crippen LogP contribution in [0.25, 0.3) is 11.1 Å². The number of ether oxygens (including phenoxy) is 1. The molecule has 5 nitrogen and oxygen atoms in total. The maximum absolute atomic E-state index is 9.28. The second kappa shape index (κ2) is 7.01. The van der Waals surface area contributed by atoms with E-state index in [1.807, 2.05) is 25.2 Å². The van der Waals surface area contributed by atoms with Crippen molar-refractivity contribution in [2.45, 2.75) is 28.3 Å². The fourth-order valence-corrected chi connectivity index (χ4v) is 8.13. The summed E-state index contributed by atoms with van der Waals surface area (Å²) in [4.78, 5) is 6.53. The van der Waals surface area contributed by atoms with E-state index in [-0.39, 0.29) is 9.02 Å². The summed E-state index contributed by atoms with van der Waals surface area (Å²) in [7, 11) is 1.89. The molecule has 0 radical (unpaired) electrons. The minimum atomic E-state index is -0.422. The third-order valence-corrected chi connectivity index (χ3v) is 9.44. The van der Waals surface area contributed by atoms with Crippen molar-refractivity contribution in [3.05, 3.63) is 69.1 Å². The number of alkyl halides is 1. The maximum atomic E-state index is 9.28. The number of rotatable bonds is 1. The second-order valence-electron chi connectivity index (χ2n) is 7.98. The molecule has 5 rings (SSSR count). The zero-order valence-electron chi connectivity index (χ0n) is 16.3. The van der Waals surface area contributed by atoms with Gasteiger partial charge in [0.15, 0.2) is 0 Å². The van der Waals surface area contributed by atoms with Gasteiger partial charge in [-0.3, -0.25) is 0 Å². The number of fused-ring (bicyclic) bond motifs is 3. The Morgan fingerprint density at radius 2 is 1.90 bits per heavy atom. The van der Waals surface area contributed by atoms with E-state index in [9.17, 15) is 5.26 Å². The van der Waals surface area contributed by atoms with Gasteiger partial charge in [-0.25, -0.2) is 0 Å².